The summed E-state index contributed by atoms with van der Waals surface area (Å²) in [5.41, 5.74) is 1.07. The van der Waals surface area contributed by atoms with E-state index in [0.29, 0.717) is 6.54 Å². The summed E-state index contributed by atoms with van der Waals surface area (Å²) in [6, 6.07) is 8.44. The van der Waals surface area contributed by atoms with Gasteiger partial charge in [-0.2, -0.15) is 0 Å². The maximum absolute atomic E-state index is 11.5. The number of fused-ring (bicyclic) bond motifs is 1. The maximum Gasteiger partial charge on any atom is 0.314 e. The summed E-state index contributed by atoms with van der Waals surface area (Å²) < 4.78 is 1.23. The second-order valence-corrected chi connectivity index (χ2v) is 6.24. The highest BCUT2D eigenvalue weighted by Gasteiger charge is 2.22. The Morgan fingerprint density at radius 2 is 2.14 bits per heavy atom. The van der Waals surface area contributed by atoms with Crippen molar-refractivity contribution in [3.63, 3.8) is 0 Å². The zero-order valence-electron chi connectivity index (χ0n) is 12.1. The van der Waals surface area contributed by atoms with E-state index in [-0.39, 0.29) is 12.1 Å². The Bertz CT molecular complexity index is 586. The lowest BCUT2D eigenvalue weighted by atomic mass is 10.1. The van der Waals surface area contributed by atoms with E-state index in [1.807, 2.05) is 19.1 Å². The average molecular weight is 304 g/mol. The van der Waals surface area contributed by atoms with Gasteiger partial charge in [-0.05, 0) is 31.9 Å². The third kappa shape index (κ3) is 3.26. The van der Waals surface area contributed by atoms with Crippen LogP contribution in [-0.4, -0.2) is 36.7 Å². The molecular formula is C15H20N4OS. The van der Waals surface area contributed by atoms with Crippen LogP contribution < -0.4 is 15.5 Å². The summed E-state index contributed by atoms with van der Waals surface area (Å²) in [5.74, 6) is 0. The molecule has 1 aromatic heterocycles. The molecule has 0 atom stereocenters. The van der Waals surface area contributed by atoms with Gasteiger partial charge in [-0.1, -0.05) is 23.5 Å². The molecule has 1 aromatic carbocycles. The predicted octanol–water partition coefficient (Wildman–Crippen LogP) is 2.58. The third-order valence-corrected chi connectivity index (χ3v) is 4.82. The van der Waals surface area contributed by atoms with Crippen molar-refractivity contribution < 1.29 is 4.79 Å². The summed E-state index contributed by atoms with van der Waals surface area (Å²) in [4.78, 5) is 18.6. The zero-order valence-corrected chi connectivity index (χ0v) is 12.9. The minimum atomic E-state index is -0.0593. The Morgan fingerprint density at radius 3 is 2.86 bits per heavy atom. The van der Waals surface area contributed by atoms with Crippen molar-refractivity contribution in [3.05, 3.63) is 24.3 Å². The molecule has 1 aliphatic rings. The second kappa shape index (κ2) is 6.30. The molecule has 112 valence electrons. The molecule has 1 aliphatic heterocycles. The van der Waals surface area contributed by atoms with Gasteiger partial charge in [0.05, 0.1) is 10.2 Å². The van der Waals surface area contributed by atoms with E-state index >= 15 is 0 Å². The fraction of sp³-hybridized carbons (Fsp3) is 0.467. The molecule has 0 aliphatic carbocycles. The first-order chi connectivity index (χ1) is 10.3. The molecule has 6 heteroatoms. The monoisotopic (exact) mass is 304 g/mol. The van der Waals surface area contributed by atoms with Crippen LogP contribution in [0.15, 0.2) is 24.3 Å². The van der Waals surface area contributed by atoms with Crippen LogP contribution in [0, 0.1) is 0 Å². The van der Waals surface area contributed by atoms with E-state index in [0.717, 1.165) is 36.6 Å². The summed E-state index contributed by atoms with van der Waals surface area (Å²) in [5, 5.41) is 6.89. The summed E-state index contributed by atoms with van der Waals surface area (Å²) >= 11 is 1.74. The molecule has 2 heterocycles. The Morgan fingerprint density at radius 1 is 1.38 bits per heavy atom. The van der Waals surface area contributed by atoms with Crippen molar-refractivity contribution in [1.29, 1.82) is 0 Å². The van der Waals surface area contributed by atoms with Crippen LogP contribution in [0.2, 0.25) is 0 Å². The molecule has 2 N–H and O–H groups in total. The average Bonchev–Trinajstić information content (AvgIpc) is 2.92. The lowest BCUT2D eigenvalue weighted by molar-refractivity contribution is 0.235. The molecule has 5 nitrogen and oxygen atoms in total. The highest BCUT2D eigenvalue weighted by atomic mass is 32.1. The SMILES string of the molecule is CCNC(=O)NC1CCN(c2nc3ccccc3s2)CC1. The summed E-state index contributed by atoms with van der Waals surface area (Å²) in [6.07, 6.45) is 1.93. The van der Waals surface area contributed by atoms with Crippen LogP contribution in [0.5, 0.6) is 0 Å². The van der Waals surface area contributed by atoms with Gasteiger partial charge < -0.3 is 15.5 Å². The number of hydrogen-bond acceptors (Lipinski definition) is 4. The van der Waals surface area contributed by atoms with Gasteiger partial charge >= 0.3 is 6.03 Å². The number of urea groups is 1. The van der Waals surface area contributed by atoms with Crippen LogP contribution in [-0.2, 0) is 0 Å². The molecule has 0 unspecified atom stereocenters. The Kier molecular flexibility index (Phi) is 4.24. The van der Waals surface area contributed by atoms with Crippen LogP contribution in [0.1, 0.15) is 19.8 Å². The topological polar surface area (TPSA) is 57.3 Å². The van der Waals surface area contributed by atoms with E-state index in [9.17, 15) is 4.79 Å². The number of carbonyl (C=O) groups excluding carboxylic acids is 1. The van der Waals surface area contributed by atoms with Crippen molar-refractivity contribution in [3.8, 4) is 0 Å². The van der Waals surface area contributed by atoms with Gasteiger partial charge in [0.2, 0.25) is 0 Å². The van der Waals surface area contributed by atoms with E-state index in [4.69, 9.17) is 4.98 Å². The maximum atomic E-state index is 11.5. The van der Waals surface area contributed by atoms with E-state index in [2.05, 4.69) is 27.7 Å². The lowest BCUT2D eigenvalue weighted by Gasteiger charge is -2.32. The minimum Gasteiger partial charge on any atom is -0.348 e. The minimum absolute atomic E-state index is 0.0593. The highest BCUT2D eigenvalue weighted by molar-refractivity contribution is 7.22. The smallest absolute Gasteiger partial charge is 0.314 e. The van der Waals surface area contributed by atoms with Crippen molar-refractivity contribution in [1.82, 2.24) is 15.6 Å². The van der Waals surface area contributed by atoms with Gasteiger partial charge in [0.1, 0.15) is 0 Å². The Balaban J connectivity index is 1.59. The van der Waals surface area contributed by atoms with Crippen molar-refractivity contribution in [2.45, 2.75) is 25.8 Å². The Labute approximate surface area is 128 Å². The van der Waals surface area contributed by atoms with Gasteiger partial charge in [0, 0.05) is 25.7 Å². The first kappa shape index (κ1) is 14.1. The number of carbonyl (C=O) groups is 1. The third-order valence-electron chi connectivity index (χ3n) is 3.72. The summed E-state index contributed by atoms with van der Waals surface area (Å²) in [7, 11) is 0. The van der Waals surface area contributed by atoms with Gasteiger partial charge in [0.25, 0.3) is 0 Å². The quantitative estimate of drug-likeness (QED) is 0.916. The number of rotatable bonds is 3. The van der Waals surface area contributed by atoms with Crippen molar-refractivity contribution in [2.75, 3.05) is 24.5 Å². The number of para-hydroxylation sites is 1. The first-order valence-corrected chi connectivity index (χ1v) is 8.23. The van der Waals surface area contributed by atoms with E-state index in [1.165, 1.54) is 4.70 Å². The Hall–Kier alpha value is -1.82. The van der Waals surface area contributed by atoms with Gasteiger partial charge in [0.15, 0.2) is 5.13 Å². The lowest BCUT2D eigenvalue weighted by Crippen LogP contribution is -2.47. The molecule has 2 aromatic rings. The van der Waals surface area contributed by atoms with Gasteiger partial charge in [-0.15, -0.1) is 0 Å². The predicted molar refractivity (Wildman–Crippen MR) is 87.1 cm³/mol. The van der Waals surface area contributed by atoms with Crippen LogP contribution in [0.25, 0.3) is 10.2 Å². The largest absolute Gasteiger partial charge is 0.348 e. The number of nitrogens with zero attached hydrogens (tertiary/aromatic N) is 2. The molecule has 0 saturated carbocycles. The number of benzene rings is 1. The number of amides is 2. The molecule has 0 bridgehead atoms. The number of nitrogens with one attached hydrogen (secondary N) is 2. The number of thiazole rings is 1. The fourth-order valence-electron chi connectivity index (χ4n) is 2.61. The molecule has 0 spiro atoms. The molecule has 3 rings (SSSR count). The number of anilines is 1. The first-order valence-electron chi connectivity index (χ1n) is 7.41. The van der Waals surface area contributed by atoms with E-state index < -0.39 is 0 Å². The number of hydrogen-bond donors (Lipinski definition) is 2. The van der Waals surface area contributed by atoms with Gasteiger partial charge in [-0.25, -0.2) is 9.78 Å². The van der Waals surface area contributed by atoms with Crippen molar-refractivity contribution >= 4 is 32.7 Å². The normalized spacial score (nSPS) is 16.1. The standard InChI is InChI=1S/C15H20N4OS/c1-2-16-14(20)17-11-7-9-19(10-8-11)15-18-12-5-3-4-6-13(12)21-15/h3-6,11H,2,7-10H2,1H3,(H2,16,17,20). The molecule has 21 heavy (non-hydrogen) atoms. The molecular weight excluding hydrogens is 284 g/mol. The number of aromatic nitrogens is 1. The molecule has 0 radical (unpaired) electrons. The fourth-order valence-corrected chi connectivity index (χ4v) is 3.62. The van der Waals surface area contributed by atoms with Crippen LogP contribution in [0.4, 0.5) is 9.93 Å². The van der Waals surface area contributed by atoms with Crippen LogP contribution in [0.3, 0.4) is 0 Å². The molecule has 1 saturated heterocycles. The van der Waals surface area contributed by atoms with Crippen LogP contribution >= 0.6 is 11.3 Å². The van der Waals surface area contributed by atoms with Gasteiger partial charge in [-0.3, -0.25) is 0 Å². The molecule has 1 fully saturated rings. The molecule has 2 amide bonds. The zero-order chi connectivity index (χ0) is 14.7. The highest BCUT2D eigenvalue weighted by Crippen LogP contribution is 2.30. The number of piperidine rings is 1. The van der Waals surface area contributed by atoms with E-state index in [1.54, 1.807) is 11.3 Å². The summed E-state index contributed by atoms with van der Waals surface area (Å²) in [6.45, 7) is 4.47. The second-order valence-electron chi connectivity index (χ2n) is 5.23. The van der Waals surface area contributed by atoms with Crippen molar-refractivity contribution in [2.24, 2.45) is 0 Å².